The minimum Gasteiger partial charge on any atom is -0.497 e. The van der Waals surface area contributed by atoms with Crippen molar-refractivity contribution >= 4 is 17.6 Å². The number of H-pyrrole nitrogens is 1. The van der Waals surface area contributed by atoms with Crippen molar-refractivity contribution in [3.8, 4) is 5.75 Å². The maximum atomic E-state index is 12.4. The molecule has 4 rings (SSSR count). The van der Waals surface area contributed by atoms with Gasteiger partial charge in [-0.1, -0.05) is 25.3 Å². The molecule has 0 unspecified atom stereocenters. The summed E-state index contributed by atoms with van der Waals surface area (Å²) in [4.78, 5) is 24.8. The molecule has 0 saturated heterocycles. The summed E-state index contributed by atoms with van der Waals surface area (Å²) in [6.07, 6.45) is 7.14. The van der Waals surface area contributed by atoms with E-state index in [0.29, 0.717) is 23.0 Å². The van der Waals surface area contributed by atoms with Crippen LogP contribution in [0.1, 0.15) is 66.9 Å². The molecule has 29 heavy (non-hydrogen) atoms. The van der Waals surface area contributed by atoms with Crippen LogP contribution in [0.15, 0.2) is 30.3 Å². The Kier molecular flexibility index (Phi) is 5.83. The summed E-state index contributed by atoms with van der Waals surface area (Å²) in [5.74, 6) is 1.76. The maximum absolute atomic E-state index is 12.4. The molecule has 1 aromatic carbocycles. The molecule has 0 atom stereocenters. The van der Waals surface area contributed by atoms with Crippen LogP contribution in [-0.2, 0) is 4.79 Å². The highest BCUT2D eigenvalue weighted by Crippen LogP contribution is 2.37. The van der Waals surface area contributed by atoms with E-state index in [1.54, 1.807) is 19.2 Å². The number of amides is 2. The number of benzene rings is 1. The van der Waals surface area contributed by atoms with Crippen LogP contribution in [0.5, 0.6) is 5.75 Å². The number of aromatic amines is 1. The molecule has 2 amide bonds. The molecule has 0 radical (unpaired) electrons. The SMILES string of the molecule is COc1cccc(C(=O)N[C@H]2C[C@@H](c3cc(NC(=O)C4CCCCC4)[nH]n3)C2)c1. The van der Waals surface area contributed by atoms with Crippen LogP contribution < -0.4 is 15.4 Å². The van der Waals surface area contributed by atoms with Crippen molar-refractivity contribution in [2.45, 2.75) is 56.9 Å². The molecule has 7 heteroatoms. The Morgan fingerprint density at radius 1 is 1.14 bits per heavy atom. The van der Waals surface area contributed by atoms with Gasteiger partial charge in [0, 0.05) is 29.5 Å². The molecular weight excluding hydrogens is 368 g/mol. The standard InChI is InChI=1S/C22H28N4O3/c1-29-18-9-5-8-15(12-18)22(28)23-17-10-16(11-17)19-13-20(26-25-19)24-21(27)14-6-3-2-4-7-14/h5,8-9,12-14,16-17H,2-4,6-7,10-11H2,1H3,(H,23,28)(H2,24,25,26,27)/t16-,17+. The molecule has 0 spiro atoms. The summed E-state index contributed by atoms with van der Waals surface area (Å²) in [5, 5.41) is 13.3. The summed E-state index contributed by atoms with van der Waals surface area (Å²) >= 11 is 0. The molecule has 2 aliphatic rings. The van der Waals surface area contributed by atoms with E-state index in [1.165, 1.54) is 6.42 Å². The first-order chi connectivity index (χ1) is 14.1. The number of rotatable bonds is 6. The molecule has 2 aliphatic carbocycles. The molecule has 1 aromatic heterocycles. The maximum Gasteiger partial charge on any atom is 0.251 e. The average Bonchev–Trinajstić information content (AvgIpc) is 3.18. The van der Waals surface area contributed by atoms with Crippen molar-refractivity contribution in [2.75, 3.05) is 12.4 Å². The van der Waals surface area contributed by atoms with Gasteiger partial charge >= 0.3 is 0 Å². The second-order valence-electron chi connectivity index (χ2n) is 8.10. The molecule has 0 aliphatic heterocycles. The van der Waals surface area contributed by atoms with Crippen molar-refractivity contribution in [3.63, 3.8) is 0 Å². The number of nitrogens with zero attached hydrogens (tertiary/aromatic N) is 1. The lowest BCUT2D eigenvalue weighted by Crippen LogP contribution is -2.43. The lowest BCUT2D eigenvalue weighted by atomic mass is 9.78. The lowest BCUT2D eigenvalue weighted by Gasteiger charge is -2.34. The Morgan fingerprint density at radius 3 is 2.69 bits per heavy atom. The second-order valence-corrected chi connectivity index (χ2v) is 8.10. The van der Waals surface area contributed by atoms with E-state index in [2.05, 4.69) is 20.8 Å². The predicted octanol–water partition coefficient (Wildman–Crippen LogP) is 3.61. The lowest BCUT2D eigenvalue weighted by molar-refractivity contribution is -0.120. The van der Waals surface area contributed by atoms with Gasteiger partial charge in [-0.25, -0.2) is 0 Å². The molecule has 154 valence electrons. The van der Waals surface area contributed by atoms with E-state index in [1.807, 2.05) is 18.2 Å². The zero-order chi connectivity index (χ0) is 20.2. The Hall–Kier alpha value is -2.83. The molecule has 2 fully saturated rings. The Bertz CT molecular complexity index is 866. The molecule has 7 nitrogen and oxygen atoms in total. The van der Waals surface area contributed by atoms with E-state index < -0.39 is 0 Å². The molecule has 3 N–H and O–H groups in total. The second kappa shape index (κ2) is 8.68. The van der Waals surface area contributed by atoms with Crippen LogP contribution in [0.3, 0.4) is 0 Å². The highest BCUT2D eigenvalue weighted by atomic mass is 16.5. The quantitative estimate of drug-likeness (QED) is 0.695. The fourth-order valence-corrected chi connectivity index (χ4v) is 4.22. The smallest absolute Gasteiger partial charge is 0.251 e. The van der Waals surface area contributed by atoms with Crippen LogP contribution in [0.25, 0.3) is 0 Å². The first-order valence-corrected chi connectivity index (χ1v) is 10.4. The minimum atomic E-state index is -0.0881. The van der Waals surface area contributed by atoms with Gasteiger partial charge in [-0.05, 0) is 43.9 Å². The van der Waals surface area contributed by atoms with Crippen molar-refractivity contribution < 1.29 is 14.3 Å². The van der Waals surface area contributed by atoms with Gasteiger partial charge in [-0.2, -0.15) is 5.10 Å². The number of ether oxygens (including phenoxy) is 1. The number of anilines is 1. The third kappa shape index (κ3) is 4.60. The van der Waals surface area contributed by atoms with E-state index in [9.17, 15) is 9.59 Å². The van der Waals surface area contributed by atoms with Crippen LogP contribution >= 0.6 is 0 Å². The van der Waals surface area contributed by atoms with Gasteiger partial charge in [-0.15, -0.1) is 0 Å². The normalized spacial score (nSPS) is 21.8. The van der Waals surface area contributed by atoms with E-state index >= 15 is 0 Å². The summed E-state index contributed by atoms with van der Waals surface area (Å²) in [5.41, 5.74) is 1.54. The van der Waals surface area contributed by atoms with Gasteiger partial charge in [0.1, 0.15) is 11.6 Å². The number of hydrogen-bond acceptors (Lipinski definition) is 4. The number of methoxy groups -OCH3 is 1. The first-order valence-electron chi connectivity index (χ1n) is 10.4. The Balaban J connectivity index is 1.25. The van der Waals surface area contributed by atoms with Crippen LogP contribution in [0.4, 0.5) is 5.82 Å². The number of aromatic nitrogens is 2. The van der Waals surface area contributed by atoms with Gasteiger partial charge in [0.2, 0.25) is 5.91 Å². The zero-order valence-electron chi connectivity index (χ0n) is 16.7. The number of hydrogen-bond donors (Lipinski definition) is 3. The fraction of sp³-hybridized carbons (Fsp3) is 0.500. The minimum absolute atomic E-state index is 0.0881. The van der Waals surface area contributed by atoms with Crippen molar-refractivity contribution in [1.82, 2.24) is 15.5 Å². The van der Waals surface area contributed by atoms with Crippen LogP contribution in [-0.4, -0.2) is 35.2 Å². The van der Waals surface area contributed by atoms with Crippen LogP contribution in [0, 0.1) is 5.92 Å². The Labute approximate surface area is 170 Å². The Morgan fingerprint density at radius 2 is 1.93 bits per heavy atom. The number of carbonyl (C=O) groups excluding carboxylic acids is 2. The fourth-order valence-electron chi connectivity index (χ4n) is 4.22. The van der Waals surface area contributed by atoms with Crippen molar-refractivity contribution in [3.05, 3.63) is 41.6 Å². The highest BCUT2D eigenvalue weighted by molar-refractivity contribution is 5.95. The summed E-state index contributed by atoms with van der Waals surface area (Å²) in [7, 11) is 1.59. The van der Waals surface area contributed by atoms with E-state index in [-0.39, 0.29) is 23.8 Å². The summed E-state index contributed by atoms with van der Waals surface area (Å²) < 4.78 is 5.17. The van der Waals surface area contributed by atoms with E-state index in [4.69, 9.17) is 4.74 Å². The third-order valence-electron chi connectivity index (χ3n) is 6.05. The van der Waals surface area contributed by atoms with Gasteiger partial charge < -0.3 is 15.4 Å². The van der Waals surface area contributed by atoms with Gasteiger partial charge in [0.05, 0.1) is 12.8 Å². The van der Waals surface area contributed by atoms with Gasteiger partial charge in [-0.3, -0.25) is 14.7 Å². The third-order valence-corrected chi connectivity index (χ3v) is 6.05. The molecule has 0 bridgehead atoms. The predicted molar refractivity (Wildman–Crippen MR) is 110 cm³/mol. The molecule has 2 aromatic rings. The topological polar surface area (TPSA) is 96.1 Å². The summed E-state index contributed by atoms with van der Waals surface area (Å²) in [6.45, 7) is 0. The highest BCUT2D eigenvalue weighted by Gasteiger charge is 2.33. The van der Waals surface area contributed by atoms with Gasteiger partial charge in [0.15, 0.2) is 0 Å². The molecular formula is C22H28N4O3. The molecule has 1 heterocycles. The number of nitrogens with one attached hydrogen (secondary N) is 3. The average molecular weight is 396 g/mol. The zero-order valence-corrected chi connectivity index (χ0v) is 16.7. The first kappa shape index (κ1) is 19.5. The number of carbonyl (C=O) groups is 2. The largest absolute Gasteiger partial charge is 0.497 e. The van der Waals surface area contributed by atoms with Gasteiger partial charge in [0.25, 0.3) is 5.91 Å². The van der Waals surface area contributed by atoms with Crippen molar-refractivity contribution in [1.29, 1.82) is 0 Å². The summed E-state index contributed by atoms with van der Waals surface area (Å²) in [6, 6.07) is 9.20. The van der Waals surface area contributed by atoms with Crippen molar-refractivity contribution in [2.24, 2.45) is 5.92 Å². The molecule has 2 saturated carbocycles. The van der Waals surface area contributed by atoms with E-state index in [0.717, 1.165) is 44.2 Å². The monoisotopic (exact) mass is 396 g/mol. The van der Waals surface area contributed by atoms with Crippen LogP contribution in [0.2, 0.25) is 0 Å².